The molecule has 0 bridgehead atoms. The van der Waals surface area contributed by atoms with E-state index in [2.05, 4.69) is 5.32 Å². The third-order valence-electron chi connectivity index (χ3n) is 3.31. The molecular formula is C12H13F4N. The molecule has 1 atom stereocenters. The summed E-state index contributed by atoms with van der Waals surface area (Å²) in [4.78, 5) is 0. The van der Waals surface area contributed by atoms with E-state index in [9.17, 15) is 17.6 Å². The van der Waals surface area contributed by atoms with Crippen molar-refractivity contribution in [2.75, 3.05) is 13.1 Å². The van der Waals surface area contributed by atoms with E-state index in [0.717, 1.165) is 6.07 Å². The molecule has 1 fully saturated rings. The van der Waals surface area contributed by atoms with Crippen LogP contribution in [0.1, 0.15) is 18.1 Å². The van der Waals surface area contributed by atoms with Crippen LogP contribution < -0.4 is 5.32 Å². The van der Waals surface area contributed by atoms with Gasteiger partial charge in [0.25, 0.3) is 0 Å². The van der Waals surface area contributed by atoms with Crippen LogP contribution in [0.25, 0.3) is 0 Å². The fourth-order valence-corrected chi connectivity index (χ4v) is 2.05. The average Bonchev–Trinajstić information content (AvgIpc) is 2.13. The topological polar surface area (TPSA) is 12.0 Å². The molecule has 1 aliphatic rings. The standard InChI is InChI=1S/C12H13F4N/c1-11(13,8-6-17-7-8)9-4-2-3-5-10(9)12(14,15)16/h2-5,8,17H,6-7H2,1H3. The molecule has 0 spiro atoms. The number of hydrogen-bond acceptors (Lipinski definition) is 1. The van der Waals surface area contributed by atoms with Crippen LogP contribution >= 0.6 is 0 Å². The Bertz CT molecular complexity index is 407. The largest absolute Gasteiger partial charge is 0.416 e. The quantitative estimate of drug-likeness (QED) is 0.792. The summed E-state index contributed by atoms with van der Waals surface area (Å²) in [6, 6.07) is 4.87. The first-order valence-electron chi connectivity index (χ1n) is 5.40. The third-order valence-corrected chi connectivity index (χ3v) is 3.31. The van der Waals surface area contributed by atoms with Crippen molar-refractivity contribution in [3.05, 3.63) is 35.4 Å². The number of alkyl halides is 4. The highest BCUT2D eigenvalue weighted by Gasteiger charge is 2.45. The maximum Gasteiger partial charge on any atom is 0.416 e. The minimum absolute atomic E-state index is 0.265. The minimum atomic E-state index is -4.51. The van der Waals surface area contributed by atoms with Crippen molar-refractivity contribution in [3.8, 4) is 0 Å². The average molecular weight is 247 g/mol. The highest BCUT2D eigenvalue weighted by molar-refractivity contribution is 5.35. The van der Waals surface area contributed by atoms with E-state index in [0.29, 0.717) is 13.1 Å². The number of benzene rings is 1. The van der Waals surface area contributed by atoms with Crippen LogP contribution in [0, 0.1) is 5.92 Å². The smallest absolute Gasteiger partial charge is 0.316 e. The van der Waals surface area contributed by atoms with E-state index in [1.54, 1.807) is 0 Å². The van der Waals surface area contributed by atoms with Crippen molar-refractivity contribution in [1.82, 2.24) is 5.32 Å². The molecule has 1 aromatic carbocycles. The minimum Gasteiger partial charge on any atom is -0.316 e. The Balaban J connectivity index is 2.44. The van der Waals surface area contributed by atoms with E-state index < -0.39 is 23.3 Å². The molecule has 5 heteroatoms. The zero-order chi connectivity index (χ0) is 12.7. The first-order chi connectivity index (χ1) is 7.83. The predicted octanol–water partition coefficient (Wildman–Crippen LogP) is 3.11. The Labute approximate surface area is 96.8 Å². The lowest BCUT2D eigenvalue weighted by Crippen LogP contribution is -2.51. The molecule has 0 aliphatic carbocycles. The van der Waals surface area contributed by atoms with E-state index in [1.165, 1.54) is 25.1 Å². The molecule has 1 N–H and O–H groups in total. The van der Waals surface area contributed by atoms with Crippen LogP contribution in [0.2, 0.25) is 0 Å². The van der Waals surface area contributed by atoms with Crippen molar-refractivity contribution >= 4 is 0 Å². The Morgan fingerprint density at radius 2 is 1.59 bits per heavy atom. The first kappa shape index (κ1) is 12.4. The van der Waals surface area contributed by atoms with Gasteiger partial charge >= 0.3 is 6.18 Å². The molecule has 2 rings (SSSR count). The van der Waals surface area contributed by atoms with Gasteiger partial charge in [-0.15, -0.1) is 0 Å². The summed E-state index contributed by atoms with van der Waals surface area (Å²) in [5.74, 6) is -0.397. The molecule has 1 unspecified atom stereocenters. The number of hydrogen-bond donors (Lipinski definition) is 1. The number of rotatable bonds is 2. The second-order valence-electron chi connectivity index (χ2n) is 4.47. The van der Waals surface area contributed by atoms with Gasteiger partial charge in [0, 0.05) is 24.6 Å². The summed E-state index contributed by atoms with van der Waals surface area (Å²) < 4.78 is 52.9. The maximum absolute atomic E-state index is 14.5. The Kier molecular flexibility index (Phi) is 2.89. The zero-order valence-electron chi connectivity index (χ0n) is 9.31. The molecule has 1 saturated heterocycles. The maximum atomic E-state index is 14.5. The van der Waals surface area contributed by atoms with Crippen LogP contribution in [0.4, 0.5) is 17.6 Å². The molecule has 1 heterocycles. The predicted molar refractivity (Wildman–Crippen MR) is 56.3 cm³/mol. The summed E-state index contributed by atoms with van der Waals surface area (Å²) >= 11 is 0. The molecule has 94 valence electrons. The highest BCUT2D eigenvalue weighted by Crippen LogP contribution is 2.42. The summed E-state index contributed by atoms with van der Waals surface area (Å²) in [5.41, 5.74) is -3.09. The van der Waals surface area contributed by atoms with Gasteiger partial charge in [-0.1, -0.05) is 18.2 Å². The Morgan fingerprint density at radius 1 is 1.06 bits per heavy atom. The van der Waals surface area contributed by atoms with E-state index in [1.807, 2.05) is 0 Å². The zero-order valence-corrected chi connectivity index (χ0v) is 9.31. The Hall–Kier alpha value is -1.10. The van der Waals surface area contributed by atoms with Crippen molar-refractivity contribution in [2.24, 2.45) is 5.92 Å². The van der Waals surface area contributed by atoms with E-state index >= 15 is 0 Å². The lowest BCUT2D eigenvalue weighted by Gasteiger charge is -2.39. The van der Waals surface area contributed by atoms with Crippen molar-refractivity contribution < 1.29 is 17.6 Å². The van der Waals surface area contributed by atoms with Gasteiger partial charge in [-0.3, -0.25) is 0 Å². The number of halogens is 4. The lowest BCUT2D eigenvalue weighted by atomic mass is 9.79. The van der Waals surface area contributed by atoms with E-state index in [4.69, 9.17) is 0 Å². The second kappa shape index (κ2) is 3.98. The molecule has 0 radical (unpaired) electrons. The summed E-state index contributed by atoms with van der Waals surface area (Å²) in [5, 5.41) is 2.87. The fraction of sp³-hybridized carbons (Fsp3) is 0.500. The van der Waals surface area contributed by atoms with Gasteiger partial charge in [0.1, 0.15) is 5.67 Å². The van der Waals surface area contributed by atoms with Gasteiger partial charge in [0.2, 0.25) is 0 Å². The lowest BCUT2D eigenvalue weighted by molar-refractivity contribution is -0.140. The summed E-state index contributed by atoms with van der Waals surface area (Å²) in [6.07, 6.45) is -4.51. The second-order valence-corrected chi connectivity index (χ2v) is 4.47. The molecule has 0 aromatic heterocycles. The van der Waals surface area contributed by atoms with Crippen molar-refractivity contribution in [2.45, 2.75) is 18.8 Å². The van der Waals surface area contributed by atoms with Gasteiger partial charge in [-0.05, 0) is 13.0 Å². The van der Waals surface area contributed by atoms with Crippen molar-refractivity contribution in [3.63, 3.8) is 0 Å². The number of nitrogens with one attached hydrogen (secondary N) is 1. The molecule has 1 nitrogen and oxygen atoms in total. The Morgan fingerprint density at radius 3 is 2.00 bits per heavy atom. The summed E-state index contributed by atoms with van der Waals surface area (Å²) in [6.45, 7) is 2.06. The molecule has 0 saturated carbocycles. The van der Waals surface area contributed by atoms with E-state index in [-0.39, 0.29) is 5.56 Å². The summed E-state index contributed by atoms with van der Waals surface area (Å²) in [7, 11) is 0. The van der Waals surface area contributed by atoms with Gasteiger partial charge in [0.15, 0.2) is 0 Å². The molecule has 0 amide bonds. The normalized spacial score (nSPS) is 20.8. The fourth-order valence-electron chi connectivity index (χ4n) is 2.05. The SMILES string of the molecule is CC(F)(c1ccccc1C(F)(F)F)C1CNC1. The highest BCUT2D eigenvalue weighted by atomic mass is 19.4. The molecule has 17 heavy (non-hydrogen) atoms. The van der Waals surface area contributed by atoms with Gasteiger partial charge in [0.05, 0.1) is 5.56 Å². The molecular weight excluding hydrogens is 234 g/mol. The first-order valence-corrected chi connectivity index (χ1v) is 5.40. The van der Waals surface area contributed by atoms with Gasteiger partial charge < -0.3 is 5.32 Å². The third kappa shape index (κ3) is 2.16. The van der Waals surface area contributed by atoms with Crippen LogP contribution in [0.5, 0.6) is 0 Å². The van der Waals surface area contributed by atoms with Crippen molar-refractivity contribution in [1.29, 1.82) is 0 Å². The van der Waals surface area contributed by atoms with Gasteiger partial charge in [-0.25, -0.2) is 4.39 Å². The van der Waals surface area contributed by atoms with Crippen LogP contribution in [0.3, 0.4) is 0 Å². The van der Waals surface area contributed by atoms with Gasteiger partial charge in [-0.2, -0.15) is 13.2 Å². The monoisotopic (exact) mass is 247 g/mol. The van der Waals surface area contributed by atoms with Crippen LogP contribution in [-0.4, -0.2) is 13.1 Å². The van der Waals surface area contributed by atoms with Crippen LogP contribution in [0.15, 0.2) is 24.3 Å². The molecule has 1 aliphatic heterocycles. The molecule has 1 aromatic rings. The van der Waals surface area contributed by atoms with Crippen LogP contribution in [-0.2, 0) is 11.8 Å².